The molecule has 1 unspecified atom stereocenters. The van der Waals surface area contributed by atoms with E-state index in [1.807, 2.05) is 4.90 Å². The van der Waals surface area contributed by atoms with Gasteiger partial charge in [0.1, 0.15) is 0 Å². The second-order valence-corrected chi connectivity index (χ2v) is 6.45. The van der Waals surface area contributed by atoms with E-state index in [0.29, 0.717) is 11.5 Å². The van der Waals surface area contributed by atoms with Gasteiger partial charge in [-0.3, -0.25) is 0 Å². The number of carbonyl (C=O) groups excluding carboxylic acids is 1. The molecule has 0 bridgehead atoms. The zero-order valence-corrected chi connectivity index (χ0v) is 11.3. The molecule has 2 rings (SSSR count). The summed E-state index contributed by atoms with van der Waals surface area (Å²) in [4.78, 5) is 14.1. The standard InChI is InChI=1S/C14H26N2O/c1-14(2)8-6-7-12(11-14)15-13(17)16-9-4-3-5-10-16/h12H,3-11H2,1-2H3,(H,15,17). The average molecular weight is 238 g/mol. The van der Waals surface area contributed by atoms with E-state index in [2.05, 4.69) is 19.2 Å². The van der Waals surface area contributed by atoms with Crippen molar-refractivity contribution >= 4 is 6.03 Å². The Morgan fingerprint density at radius 1 is 1.18 bits per heavy atom. The van der Waals surface area contributed by atoms with Gasteiger partial charge in [0.05, 0.1) is 0 Å². The summed E-state index contributed by atoms with van der Waals surface area (Å²) >= 11 is 0. The third-order valence-electron chi connectivity index (χ3n) is 4.18. The maximum atomic E-state index is 12.1. The number of nitrogens with zero attached hydrogens (tertiary/aromatic N) is 1. The SMILES string of the molecule is CC1(C)CCCC(NC(=O)N2CCCCC2)C1. The van der Waals surface area contributed by atoms with Gasteiger partial charge < -0.3 is 10.2 Å². The minimum atomic E-state index is 0.174. The second-order valence-electron chi connectivity index (χ2n) is 6.45. The van der Waals surface area contributed by atoms with Crippen molar-refractivity contribution in [1.29, 1.82) is 0 Å². The summed E-state index contributed by atoms with van der Waals surface area (Å²) in [6.07, 6.45) is 8.45. The summed E-state index contributed by atoms with van der Waals surface area (Å²) in [5.41, 5.74) is 0.401. The molecule has 3 nitrogen and oxygen atoms in total. The number of rotatable bonds is 1. The lowest BCUT2D eigenvalue weighted by molar-refractivity contribution is 0.162. The van der Waals surface area contributed by atoms with E-state index < -0.39 is 0 Å². The van der Waals surface area contributed by atoms with Crippen molar-refractivity contribution in [2.45, 2.75) is 64.8 Å². The molecule has 0 aromatic heterocycles. The normalized spacial score (nSPS) is 28.8. The van der Waals surface area contributed by atoms with Crippen LogP contribution >= 0.6 is 0 Å². The highest BCUT2D eigenvalue weighted by Crippen LogP contribution is 2.35. The van der Waals surface area contributed by atoms with Crippen molar-refractivity contribution < 1.29 is 4.79 Å². The number of hydrogen-bond acceptors (Lipinski definition) is 1. The van der Waals surface area contributed by atoms with Crippen LogP contribution in [0.15, 0.2) is 0 Å². The summed E-state index contributed by atoms with van der Waals surface area (Å²) in [5, 5.41) is 3.23. The Bertz CT molecular complexity index is 269. The van der Waals surface area contributed by atoms with Crippen LogP contribution in [0.1, 0.15) is 58.8 Å². The molecule has 2 fully saturated rings. The maximum absolute atomic E-state index is 12.1. The van der Waals surface area contributed by atoms with E-state index in [1.54, 1.807) is 0 Å². The molecular weight excluding hydrogens is 212 g/mol. The molecule has 0 spiro atoms. The monoisotopic (exact) mass is 238 g/mol. The first-order valence-electron chi connectivity index (χ1n) is 7.12. The molecule has 1 saturated carbocycles. The third-order valence-corrected chi connectivity index (χ3v) is 4.18. The Hall–Kier alpha value is -0.730. The number of carbonyl (C=O) groups is 1. The van der Waals surface area contributed by atoms with Gasteiger partial charge in [-0.25, -0.2) is 4.79 Å². The van der Waals surface area contributed by atoms with Gasteiger partial charge in [0.15, 0.2) is 0 Å². The Morgan fingerprint density at radius 3 is 2.53 bits per heavy atom. The zero-order chi connectivity index (χ0) is 12.3. The van der Waals surface area contributed by atoms with Crippen molar-refractivity contribution in [3.8, 4) is 0 Å². The van der Waals surface area contributed by atoms with Gasteiger partial charge in [-0.05, 0) is 43.9 Å². The van der Waals surface area contributed by atoms with Crippen LogP contribution in [-0.4, -0.2) is 30.1 Å². The van der Waals surface area contributed by atoms with E-state index in [9.17, 15) is 4.79 Å². The number of urea groups is 1. The molecule has 0 aromatic carbocycles. The quantitative estimate of drug-likeness (QED) is 0.748. The maximum Gasteiger partial charge on any atom is 0.317 e. The first-order valence-corrected chi connectivity index (χ1v) is 7.12. The van der Waals surface area contributed by atoms with Gasteiger partial charge in [0.25, 0.3) is 0 Å². The van der Waals surface area contributed by atoms with E-state index in [-0.39, 0.29) is 6.03 Å². The number of piperidine rings is 1. The minimum absolute atomic E-state index is 0.174. The zero-order valence-electron chi connectivity index (χ0n) is 11.3. The molecule has 2 amide bonds. The molecular formula is C14H26N2O. The van der Waals surface area contributed by atoms with Crippen LogP contribution in [0.2, 0.25) is 0 Å². The molecule has 2 aliphatic rings. The van der Waals surface area contributed by atoms with Gasteiger partial charge in [-0.1, -0.05) is 20.3 Å². The first-order chi connectivity index (χ1) is 8.07. The number of likely N-dealkylation sites (tertiary alicyclic amines) is 1. The Morgan fingerprint density at radius 2 is 1.88 bits per heavy atom. The molecule has 3 heteroatoms. The van der Waals surface area contributed by atoms with Gasteiger partial charge in [-0.15, -0.1) is 0 Å². The Labute approximate surface area is 105 Å². The van der Waals surface area contributed by atoms with Crippen LogP contribution < -0.4 is 5.32 Å². The predicted octanol–water partition coefficient (Wildman–Crippen LogP) is 3.15. The fourth-order valence-corrected chi connectivity index (χ4v) is 3.18. The predicted molar refractivity (Wildman–Crippen MR) is 70.0 cm³/mol. The number of hydrogen-bond donors (Lipinski definition) is 1. The van der Waals surface area contributed by atoms with E-state index in [4.69, 9.17) is 0 Å². The van der Waals surface area contributed by atoms with Crippen LogP contribution in [-0.2, 0) is 0 Å². The lowest BCUT2D eigenvalue weighted by atomic mass is 9.75. The Kier molecular flexibility index (Phi) is 3.95. The molecule has 17 heavy (non-hydrogen) atoms. The van der Waals surface area contributed by atoms with Gasteiger partial charge >= 0.3 is 6.03 Å². The van der Waals surface area contributed by atoms with E-state index >= 15 is 0 Å². The highest BCUT2D eigenvalue weighted by molar-refractivity contribution is 5.74. The number of nitrogens with one attached hydrogen (secondary N) is 1. The molecule has 0 radical (unpaired) electrons. The van der Waals surface area contributed by atoms with Crippen LogP contribution in [0.3, 0.4) is 0 Å². The molecule has 1 saturated heterocycles. The largest absolute Gasteiger partial charge is 0.335 e. The molecule has 0 aromatic rings. The lowest BCUT2D eigenvalue weighted by Crippen LogP contribution is -2.48. The topological polar surface area (TPSA) is 32.3 Å². The summed E-state index contributed by atoms with van der Waals surface area (Å²) in [7, 11) is 0. The first kappa shape index (κ1) is 12.7. The van der Waals surface area contributed by atoms with E-state index in [0.717, 1.165) is 25.9 Å². The fraction of sp³-hybridized carbons (Fsp3) is 0.929. The van der Waals surface area contributed by atoms with Crippen LogP contribution in [0.25, 0.3) is 0 Å². The molecule has 1 heterocycles. The van der Waals surface area contributed by atoms with Crippen molar-refractivity contribution in [2.75, 3.05) is 13.1 Å². The fourth-order valence-electron chi connectivity index (χ4n) is 3.18. The molecule has 1 N–H and O–H groups in total. The molecule has 1 aliphatic carbocycles. The van der Waals surface area contributed by atoms with Crippen LogP contribution in [0, 0.1) is 5.41 Å². The van der Waals surface area contributed by atoms with Crippen molar-refractivity contribution in [2.24, 2.45) is 5.41 Å². The smallest absolute Gasteiger partial charge is 0.317 e. The minimum Gasteiger partial charge on any atom is -0.335 e. The highest BCUT2D eigenvalue weighted by Gasteiger charge is 2.29. The van der Waals surface area contributed by atoms with Crippen LogP contribution in [0.5, 0.6) is 0 Å². The second kappa shape index (κ2) is 5.28. The molecule has 1 atom stereocenters. The Balaban J connectivity index is 1.81. The lowest BCUT2D eigenvalue weighted by Gasteiger charge is -2.37. The highest BCUT2D eigenvalue weighted by atomic mass is 16.2. The van der Waals surface area contributed by atoms with Gasteiger partial charge in [0.2, 0.25) is 0 Å². The van der Waals surface area contributed by atoms with Crippen molar-refractivity contribution in [3.05, 3.63) is 0 Å². The number of amides is 2. The summed E-state index contributed by atoms with van der Waals surface area (Å²) < 4.78 is 0. The van der Waals surface area contributed by atoms with E-state index in [1.165, 1.54) is 32.1 Å². The van der Waals surface area contributed by atoms with Gasteiger partial charge in [0, 0.05) is 19.1 Å². The summed E-state index contributed by atoms with van der Waals surface area (Å²) in [6, 6.07) is 0.570. The van der Waals surface area contributed by atoms with Crippen LogP contribution in [0.4, 0.5) is 4.79 Å². The average Bonchev–Trinajstić information content (AvgIpc) is 2.29. The van der Waals surface area contributed by atoms with Crippen molar-refractivity contribution in [3.63, 3.8) is 0 Å². The van der Waals surface area contributed by atoms with Crippen molar-refractivity contribution in [1.82, 2.24) is 10.2 Å². The molecule has 1 aliphatic heterocycles. The summed E-state index contributed by atoms with van der Waals surface area (Å²) in [6.45, 7) is 6.52. The van der Waals surface area contributed by atoms with Gasteiger partial charge in [-0.2, -0.15) is 0 Å². The third kappa shape index (κ3) is 3.62. The summed E-state index contributed by atoms with van der Waals surface area (Å²) in [5.74, 6) is 0. The molecule has 98 valence electrons.